The fraction of sp³-hybridized carbons (Fsp3) is 0.0526. The molecule has 0 aliphatic heterocycles. The summed E-state index contributed by atoms with van der Waals surface area (Å²) in [6, 6.07) is 49.7. The highest BCUT2D eigenvalue weighted by molar-refractivity contribution is 5.85. The van der Waals surface area contributed by atoms with Gasteiger partial charge in [0.2, 0.25) is 0 Å². The smallest absolute Gasteiger partial charge is 0.164 e. The fourth-order valence-electron chi connectivity index (χ4n) is 5.55. The van der Waals surface area contributed by atoms with Gasteiger partial charge in [-0.05, 0) is 19.1 Å². The molecule has 0 amide bonds. The van der Waals surface area contributed by atoms with Crippen molar-refractivity contribution in [2.45, 2.75) is 6.92 Å². The van der Waals surface area contributed by atoms with Crippen molar-refractivity contribution in [3.8, 4) is 62.2 Å². The number of hydrogen-bond donors (Lipinski definition) is 0. The Hall–Kier alpha value is -5.68. The molecule has 0 saturated carbocycles. The van der Waals surface area contributed by atoms with Crippen LogP contribution in [0.25, 0.3) is 56.4 Å². The van der Waals surface area contributed by atoms with Gasteiger partial charge in [-0.2, -0.15) is 0 Å². The van der Waals surface area contributed by atoms with Crippen LogP contribution >= 0.6 is 0 Å². The zero-order chi connectivity index (χ0) is 29.0. The molecule has 43 heavy (non-hydrogen) atoms. The lowest BCUT2D eigenvalue weighted by Gasteiger charge is -2.19. The molecule has 0 aliphatic carbocycles. The molecule has 0 radical (unpaired) electrons. The summed E-state index contributed by atoms with van der Waals surface area (Å²) in [6.45, 7) is 2.55. The van der Waals surface area contributed by atoms with Gasteiger partial charge in [0.05, 0.1) is 34.9 Å². The van der Waals surface area contributed by atoms with Crippen molar-refractivity contribution in [2.75, 3.05) is 6.61 Å². The Kier molecular flexibility index (Phi) is 7.12. The number of rotatable bonds is 8. The lowest BCUT2D eigenvalue weighted by Crippen LogP contribution is -2.13. The van der Waals surface area contributed by atoms with Gasteiger partial charge in [-0.1, -0.05) is 133 Å². The summed E-state index contributed by atoms with van der Waals surface area (Å²) in [4.78, 5) is 10.4. The summed E-state index contributed by atoms with van der Waals surface area (Å²) in [5, 5.41) is 0. The molecule has 0 atom stereocenters. The highest BCUT2D eigenvalue weighted by Crippen LogP contribution is 2.41. The molecule has 7 aromatic rings. The van der Waals surface area contributed by atoms with E-state index >= 15 is 0 Å². The summed E-state index contributed by atoms with van der Waals surface area (Å²) in [7, 11) is 0. The molecule has 0 unspecified atom stereocenters. The molecule has 5 heteroatoms. The Morgan fingerprint density at radius 2 is 1.02 bits per heavy atom. The highest BCUT2D eigenvalue weighted by atomic mass is 16.5. The second kappa shape index (κ2) is 11.7. The third-order valence-corrected chi connectivity index (χ3v) is 7.44. The van der Waals surface area contributed by atoms with Gasteiger partial charge < -0.3 is 4.74 Å². The predicted molar refractivity (Wildman–Crippen MR) is 174 cm³/mol. The van der Waals surface area contributed by atoms with Crippen molar-refractivity contribution in [1.29, 1.82) is 0 Å². The van der Waals surface area contributed by atoms with Gasteiger partial charge in [0.15, 0.2) is 5.82 Å². The molecule has 5 nitrogen and oxygen atoms in total. The van der Waals surface area contributed by atoms with Crippen molar-refractivity contribution < 1.29 is 4.74 Å². The van der Waals surface area contributed by atoms with Crippen LogP contribution in [0.1, 0.15) is 6.92 Å². The first-order chi connectivity index (χ1) is 21.3. The van der Waals surface area contributed by atoms with Crippen molar-refractivity contribution in [1.82, 2.24) is 19.3 Å². The van der Waals surface area contributed by atoms with Gasteiger partial charge in [-0.3, -0.25) is 0 Å². The van der Waals surface area contributed by atoms with Crippen LogP contribution in [0, 0.1) is 0 Å². The van der Waals surface area contributed by atoms with Gasteiger partial charge in [0.1, 0.15) is 12.1 Å². The summed E-state index contributed by atoms with van der Waals surface area (Å²) < 4.78 is 10.5. The average molecular weight is 559 g/mol. The Bertz CT molecular complexity index is 1960. The number of nitrogens with zero attached hydrogens (tertiary/aromatic N) is 4. The van der Waals surface area contributed by atoms with E-state index in [2.05, 4.69) is 100 Å². The van der Waals surface area contributed by atoms with Crippen molar-refractivity contribution in [2.24, 2.45) is 0 Å². The monoisotopic (exact) mass is 558 g/mol. The zero-order valence-electron chi connectivity index (χ0n) is 23.8. The number of hydrogen-bond acceptors (Lipinski definition) is 3. The third-order valence-electron chi connectivity index (χ3n) is 7.44. The second-order valence-electron chi connectivity index (χ2n) is 10.1. The number of benzene rings is 5. The first-order valence-corrected chi connectivity index (χ1v) is 14.5. The van der Waals surface area contributed by atoms with Crippen LogP contribution in [-0.4, -0.2) is 25.9 Å². The van der Waals surface area contributed by atoms with E-state index in [0.29, 0.717) is 6.61 Å². The quantitative estimate of drug-likeness (QED) is 0.187. The standard InChI is InChI=1S/C38H30N4O/c1-2-43-33-26-16-15-25-32(33)38-40-35(29-19-9-4-10-20-29)37(31-23-13-6-14-24-31)42(38)41-27-39-34(28-17-7-3-8-18-28)36(41)30-21-11-5-12-22-30/h3-27H,2H2,1H3. The van der Waals surface area contributed by atoms with Gasteiger partial charge in [0.25, 0.3) is 0 Å². The van der Waals surface area contributed by atoms with Crippen molar-refractivity contribution in [3.63, 3.8) is 0 Å². The molecule has 5 aromatic carbocycles. The minimum atomic E-state index is 0.549. The minimum absolute atomic E-state index is 0.549. The summed E-state index contributed by atoms with van der Waals surface area (Å²) in [6.07, 6.45) is 1.90. The van der Waals surface area contributed by atoms with E-state index in [9.17, 15) is 0 Å². The summed E-state index contributed by atoms with van der Waals surface area (Å²) in [5.41, 5.74) is 8.77. The maximum absolute atomic E-state index is 6.15. The first kappa shape index (κ1) is 26.2. The van der Waals surface area contributed by atoms with E-state index in [4.69, 9.17) is 14.7 Å². The number of imidazole rings is 2. The van der Waals surface area contributed by atoms with Crippen molar-refractivity contribution in [3.05, 3.63) is 152 Å². The molecule has 2 aromatic heterocycles. The van der Waals surface area contributed by atoms with Gasteiger partial charge in [0, 0.05) is 22.3 Å². The van der Waals surface area contributed by atoms with E-state index in [-0.39, 0.29) is 0 Å². The molecule has 0 saturated heterocycles. The van der Waals surface area contributed by atoms with Gasteiger partial charge in [-0.15, -0.1) is 0 Å². The van der Waals surface area contributed by atoms with Crippen LogP contribution in [0.15, 0.2) is 152 Å². The number of para-hydroxylation sites is 1. The molecule has 208 valence electrons. The molecule has 0 aliphatic rings. The minimum Gasteiger partial charge on any atom is -0.493 e. The molecule has 0 fully saturated rings. The lowest BCUT2D eigenvalue weighted by molar-refractivity contribution is 0.341. The Labute approximate surface area is 251 Å². The van der Waals surface area contributed by atoms with Crippen LogP contribution in [0.3, 0.4) is 0 Å². The SMILES string of the molecule is CCOc1ccccc1-c1nc(-c2ccccc2)c(-c2ccccc2)n1-n1cnc(-c2ccccc2)c1-c1ccccc1. The molecule has 2 heterocycles. The predicted octanol–water partition coefficient (Wildman–Crippen LogP) is 9.12. The van der Waals surface area contributed by atoms with E-state index < -0.39 is 0 Å². The van der Waals surface area contributed by atoms with Crippen LogP contribution in [0.2, 0.25) is 0 Å². The van der Waals surface area contributed by atoms with Gasteiger partial charge >= 0.3 is 0 Å². The first-order valence-electron chi connectivity index (χ1n) is 14.5. The largest absolute Gasteiger partial charge is 0.493 e. The summed E-state index contributed by atoms with van der Waals surface area (Å²) in [5.74, 6) is 1.54. The van der Waals surface area contributed by atoms with Crippen LogP contribution in [0.5, 0.6) is 5.75 Å². The number of ether oxygens (including phenoxy) is 1. The number of aromatic nitrogens is 4. The van der Waals surface area contributed by atoms with E-state index in [0.717, 1.165) is 62.2 Å². The van der Waals surface area contributed by atoms with Crippen LogP contribution in [0.4, 0.5) is 0 Å². The zero-order valence-corrected chi connectivity index (χ0v) is 23.8. The molecular formula is C38H30N4O. The van der Waals surface area contributed by atoms with Crippen LogP contribution in [-0.2, 0) is 0 Å². The van der Waals surface area contributed by atoms with E-state index in [1.807, 2.05) is 67.8 Å². The highest BCUT2D eigenvalue weighted by Gasteiger charge is 2.27. The van der Waals surface area contributed by atoms with Crippen LogP contribution < -0.4 is 4.74 Å². The molecule has 0 N–H and O–H groups in total. The van der Waals surface area contributed by atoms with E-state index in [1.54, 1.807) is 0 Å². The molecular weight excluding hydrogens is 528 g/mol. The fourth-order valence-corrected chi connectivity index (χ4v) is 5.55. The van der Waals surface area contributed by atoms with Crippen molar-refractivity contribution >= 4 is 0 Å². The Morgan fingerprint density at radius 3 is 1.60 bits per heavy atom. The maximum Gasteiger partial charge on any atom is 0.164 e. The lowest BCUT2D eigenvalue weighted by atomic mass is 10.0. The van der Waals surface area contributed by atoms with Gasteiger partial charge in [-0.25, -0.2) is 19.3 Å². The maximum atomic E-state index is 6.15. The molecule has 7 rings (SSSR count). The Balaban J connectivity index is 1.62. The topological polar surface area (TPSA) is 44.9 Å². The average Bonchev–Trinajstić information content (AvgIpc) is 3.69. The molecule has 0 bridgehead atoms. The second-order valence-corrected chi connectivity index (χ2v) is 10.1. The summed E-state index contributed by atoms with van der Waals surface area (Å²) >= 11 is 0. The van der Waals surface area contributed by atoms with E-state index in [1.165, 1.54) is 0 Å². The Morgan fingerprint density at radius 1 is 0.535 bits per heavy atom. The normalized spacial score (nSPS) is 11.0. The molecule has 0 spiro atoms. The third kappa shape index (κ3) is 4.91.